The van der Waals surface area contributed by atoms with E-state index in [0.29, 0.717) is 24.7 Å². The van der Waals surface area contributed by atoms with Gasteiger partial charge in [0.05, 0.1) is 0 Å². The average molecular weight is 339 g/mol. The molecule has 2 heterocycles. The van der Waals surface area contributed by atoms with Crippen LogP contribution in [-0.2, 0) is 12.8 Å². The Morgan fingerprint density at radius 3 is 3.00 bits per heavy atom. The van der Waals surface area contributed by atoms with Crippen molar-refractivity contribution in [3.63, 3.8) is 0 Å². The van der Waals surface area contributed by atoms with Crippen molar-refractivity contribution in [2.24, 2.45) is 5.92 Å². The first-order chi connectivity index (χ1) is 12.2. The zero-order valence-corrected chi connectivity index (χ0v) is 14.4. The predicted octanol–water partition coefficient (Wildman–Crippen LogP) is 3.76. The minimum Gasteiger partial charge on any atom is -0.454 e. The number of nitrogens with zero attached hydrogens (tertiary/aromatic N) is 1. The molecule has 4 heteroatoms. The highest BCUT2D eigenvalue weighted by Crippen LogP contribution is 2.50. The molecule has 0 radical (unpaired) electrons. The Balaban J connectivity index is 1.45. The minimum absolute atomic E-state index is 0.142. The number of hydrogen-bond donors (Lipinski definition) is 0. The predicted molar refractivity (Wildman–Crippen MR) is 93.6 cm³/mol. The molecule has 3 aliphatic rings. The number of rotatable bonds is 2. The van der Waals surface area contributed by atoms with Gasteiger partial charge in [0.2, 0.25) is 6.79 Å². The lowest BCUT2D eigenvalue weighted by atomic mass is 9.73. The van der Waals surface area contributed by atoms with E-state index in [4.69, 9.17) is 9.47 Å². The van der Waals surface area contributed by atoms with Crippen LogP contribution in [0.1, 0.15) is 29.0 Å². The number of likely N-dealkylation sites (N-methyl/N-ethyl adjacent to an activating group) is 1. The highest BCUT2D eigenvalue weighted by Gasteiger charge is 2.44. The van der Waals surface area contributed by atoms with Gasteiger partial charge in [0, 0.05) is 24.1 Å². The summed E-state index contributed by atoms with van der Waals surface area (Å²) in [4.78, 5) is 2.46. The third kappa shape index (κ3) is 2.43. The maximum Gasteiger partial charge on any atom is 0.231 e. The molecular formula is C21H22FNO2. The molecule has 2 aromatic rings. The van der Waals surface area contributed by atoms with E-state index in [2.05, 4.69) is 24.1 Å². The van der Waals surface area contributed by atoms with Gasteiger partial charge in [0.25, 0.3) is 0 Å². The van der Waals surface area contributed by atoms with E-state index in [-0.39, 0.29) is 5.82 Å². The van der Waals surface area contributed by atoms with Crippen molar-refractivity contribution in [1.29, 1.82) is 0 Å². The summed E-state index contributed by atoms with van der Waals surface area (Å²) in [5, 5.41) is 0. The standard InChI is InChI=1S/C21H22FNO2/c1-23-11-18-15-7-8-20-21(25-12-24-20)17(15)6-5-16(18)19(23)10-13-3-2-4-14(22)9-13/h2-4,7-9,16,18-19H,5-6,10-12H2,1H3. The van der Waals surface area contributed by atoms with Crippen LogP contribution in [0.25, 0.3) is 0 Å². The van der Waals surface area contributed by atoms with E-state index < -0.39 is 0 Å². The monoisotopic (exact) mass is 339 g/mol. The fraction of sp³-hybridized carbons (Fsp3) is 0.429. The lowest BCUT2D eigenvalue weighted by Gasteiger charge is -2.32. The molecule has 0 aromatic heterocycles. The lowest BCUT2D eigenvalue weighted by molar-refractivity contribution is 0.172. The summed E-state index contributed by atoms with van der Waals surface area (Å²) in [5.41, 5.74) is 3.86. The Morgan fingerprint density at radius 1 is 1.20 bits per heavy atom. The Kier molecular flexibility index (Phi) is 3.49. The lowest BCUT2D eigenvalue weighted by Crippen LogP contribution is -2.32. The zero-order chi connectivity index (χ0) is 17.0. The van der Waals surface area contributed by atoms with Crippen LogP contribution < -0.4 is 9.47 Å². The molecule has 1 saturated heterocycles. The summed E-state index contributed by atoms with van der Waals surface area (Å²) in [5.74, 6) is 2.85. The molecule has 3 atom stereocenters. The fourth-order valence-corrected chi connectivity index (χ4v) is 5.07. The van der Waals surface area contributed by atoms with E-state index in [1.807, 2.05) is 12.1 Å². The molecule has 5 rings (SSSR count). The fourth-order valence-electron chi connectivity index (χ4n) is 5.07. The van der Waals surface area contributed by atoms with Gasteiger partial charge in [-0.05, 0) is 61.6 Å². The summed E-state index contributed by atoms with van der Waals surface area (Å²) < 4.78 is 24.8. The highest BCUT2D eigenvalue weighted by molar-refractivity contribution is 5.54. The van der Waals surface area contributed by atoms with E-state index in [1.165, 1.54) is 17.2 Å². The molecule has 1 aliphatic carbocycles. The van der Waals surface area contributed by atoms with Crippen LogP contribution in [0.2, 0.25) is 0 Å². The van der Waals surface area contributed by atoms with Crippen LogP contribution in [-0.4, -0.2) is 31.3 Å². The maximum atomic E-state index is 13.6. The van der Waals surface area contributed by atoms with Gasteiger partial charge in [-0.25, -0.2) is 4.39 Å². The van der Waals surface area contributed by atoms with E-state index in [9.17, 15) is 4.39 Å². The molecular weight excluding hydrogens is 317 g/mol. The average Bonchev–Trinajstić information content (AvgIpc) is 3.20. The molecule has 2 aliphatic heterocycles. The molecule has 1 fully saturated rings. The van der Waals surface area contributed by atoms with Crippen LogP contribution in [0, 0.1) is 11.7 Å². The van der Waals surface area contributed by atoms with Crippen molar-refractivity contribution in [2.45, 2.75) is 31.2 Å². The molecule has 0 amide bonds. The van der Waals surface area contributed by atoms with Crippen molar-refractivity contribution >= 4 is 0 Å². The highest BCUT2D eigenvalue weighted by atomic mass is 19.1. The van der Waals surface area contributed by atoms with E-state index in [1.54, 1.807) is 6.07 Å². The minimum atomic E-state index is -0.142. The molecule has 0 saturated carbocycles. The second-order valence-corrected chi connectivity index (χ2v) is 7.52. The van der Waals surface area contributed by atoms with Gasteiger partial charge in [-0.2, -0.15) is 0 Å². The number of fused-ring (bicyclic) bond motifs is 5. The second kappa shape index (κ2) is 5.73. The Labute approximate surface area is 147 Å². The summed E-state index contributed by atoms with van der Waals surface area (Å²) in [7, 11) is 2.20. The number of ether oxygens (including phenoxy) is 2. The molecule has 3 unspecified atom stereocenters. The topological polar surface area (TPSA) is 21.7 Å². The summed E-state index contributed by atoms with van der Waals surface area (Å²) in [6.45, 7) is 1.39. The normalized spacial score (nSPS) is 27.2. The Hall–Kier alpha value is -2.07. The van der Waals surface area contributed by atoms with E-state index >= 15 is 0 Å². The third-order valence-corrected chi connectivity index (χ3v) is 6.20. The van der Waals surface area contributed by atoms with Crippen molar-refractivity contribution in [2.75, 3.05) is 20.4 Å². The number of hydrogen-bond acceptors (Lipinski definition) is 3. The molecule has 3 nitrogen and oxygen atoms in total. The molecule has 25 heavy (non-hydrogen) atoms. The first kappa shape index (κ1) is 15.2. The Morgan fingerprint density at radius 2 is 2.12 bits per heavy atom. The van der Waals surface area contributed by atoms with E-state index in [0.717, 1.165) is 42.9 Å². The smallest absolute Gasteiger partial charge is 0.231 e. The van der Waals surface area contributed by atoms with Gasteiger partial charge in [-0.15, -0.1) is 0 Å². The largest absolute Gasteiger partial charge is 0.454 e. The molecule has 0 N–H and O–H groups in total. The van der Waals surface area contributed by atoms with Gasteiger partial charge < -0.3 is 14.4 Å². The zero-order valence-electron chi connectivity index (χ0n) is 14.4. The van der Waals surface area contributed by atoms with Gasteiger partial charge in [-0.3, -0.25) is 0 Å². The van der Waals surface area contributed by atoms with Gasteiger partial charge in [-0.1, -0.05) is 18.2 Å². The van der Waals surface area contributed by atoms with Crippen molar-refractivity contribution in [3.8, 4) is 11.5 Å². The van der Waals surface area contributed by atoms with Crippen LogP contribution in [0.4, 0.5) is 4.39 Å². The third-order valence-electron chi connectivity index (χ3n) is 6.20. The maximum absolute atomic E-state index is 13.6. The van der Waals surface area contributed by atoms with Gasteiger partial charge in [0.15, 0.2) is 11.5 Å². The van der Waals surface area contributed by atoms with Crippen molar-refractivity contribution in [1.82, 2.24) is 4.90 Å². The molecule has 130 valence electrons. The van der Waals surface area contributed by atoms with Crippen LogP contribution in [0.5, 0.6) is 11.5 Å². The quantitative estimate of drug-likeness (QED) is 0.832. The van der Waals surface area contributed by atoms with Gasteiger partial charge in [0.1, 0.15) is 5.82 Å². The molecule has 0 bridgehead atoms. The van der Waals surface area contributed by atoms with Gasteiger partial charge >= 0.3 is 0 Å². The SMILES string of the molecule is CN1CC2c3ccc4c(c3CCC2C1Cc1cccc(F)c1)OCO4. The number of benzene rings is 2. The second-order valence-electron chi connectivity index (χ2n) is 7.52. The molecule has 2 aromatic carbocycles. The van der Waals surface area contributed by atoms with Crippen LogP contribution >= 0.6 is 0 Å². The first-order valence-electron chi connectivity index (χ1n) is 9.07. The number of halogens is 1. The first-order valence-corrected chi connectivity index (χ1v) is 9.07. The van der Waals surface area contributed by atoms with Crippen LogP contribution in [0.15, 0.2) is 36.4 Å². The van der Waals surface area contributed by atoms with Crippen molar-refractivity contribution < 1.29 is 13.9 Å². The summed E-state index contributed by atoms with van der Waals surface area (Å²) in [6, 6.07) is 11.8. The van der Waals surface area contributed by atoms with Crippen LogP contribution in [0.3, 0.4) is 0 Å². The summed E-state index contributed by atoms with van der Waals surface area (Å²) >= 11 is 0. The number of likely N-dealkylation sites (tertiary alicyclic amines) is 1. The molecule has 0 spiro atoms. The van der Waals surface area contributed by atoms with Crippen molar-refractivity contribution in [3.05, 3.63) is 58.9 Å². The summed E-state index contributed by atoms with van der Waals surface area (Å²) in [6.07, 6.45) is 3.10. The Bertz CT molecular complexity index is 822.